The average molecular weight is 250 g/mol. The van der Waals surface area contributed by atoms with Gasteiger partial charge in [-0.1, -0.05) is 0 Å². The summed E-state index contributed by atoms with van der Waals surface area (Å²) < 4.78 is 37.2. The highest BCUT2D eigenvalue weighted by Gasteiger charge is 2.41. The topological polar surface area (TPSA) is 41.1 Å². The van der Waals surface area contributed by atoms with Crippen molar-refractivity contribution in [3.63, 3.8) is 0 Å². The third kappa shape index (κ3) is 3.78. The van der Waals surface area contributed by atoms with Crippen LogP contribution in [0.3, 0.4) is 0 Å². The summed E-state index contributed by atoms with van der Waals surface area (Å²) in [6.45, 7) is 0. The first-order valence-electron chi connectivity index (χ1n) is 6.09. The molecule has 0 unspecified atom stereocenters. The highest BCUT2D eigenvalue weighted by atomic mass is 19.4. The molecule has 0 aromatic carbocycles. The Morgan fingerprint density at radius 1 is 0.882 bits per heavy atom. The van der Waals surface area contributed by atoms with E-state index in [1.807, 2.05) is 0 Å². The van der Waals surface area contributed by atoms with E-state index in [-0.39, 0.29) is 31.0 Å². The molecule has 3 nitrogen and oxygen atoms in total. The van der Waals surface area contributed by atoms with Crippen LogP contribution in [-0.4, -0.2) is 24.3 Å². The molecule has 2 fully saturated rings. The average Bonchev–Trinajstić information content (AvgIpc) is 3.01. The van der Waals surface area contributed by atoms with Crippen LogP contribution in [0.5, 0.6) is 0 Å². The summed E-state index contributed by atoms with van der Waals surface area (Å²) in [6.07, 6.45) is -0.982. The van der Waals surface area contributed by atoms with Crippen LogP contribution >= 0.6 is 0 Å². The van der Waals surface area contributed by atoms with E-state index in [1.54, 1.807) is 0 Å². The number of hydrogen-bond donors (Lipinski definition) is 2. The maximum absolute atomic E-state index is 12.4. The second-order valence-electron chi connectivity index (χ2n) is 4.98. The molecule has 0 bridgehead atoms. The molecule has 0 aliphatic heterocycles. The Morgan fingerprint density at radius 3 is 1.65 bits per heavy atom. The Balaban J connectivity index is 1.69. The molecule has 0 spiro atoms. The van der Waals surface area contributed by atoms with E-state index in [2.05, 4.69) is 10.6 Å². The molecule has 0 aromatic rings. The van der Waals surface area contributed by atoms with Crippen molar-refractivity contribution in [3.8, 4) is 0 Å². The van der Waals surface area contributed by atoms with Gasteiger partial charge in [-0.25, -0.2) is 4.79 Å². The molecule has 2 aliphatic rings. The highest BCUT2D eigenvalue weighted by molar-refractivity contribution is 5.74. The van der Waals surface area contributed by atoms with E-state index in [0.717, 1.165) is 12.8 Å². The van der Waals surface area contributed by atoms with E-state index in [0.29, 0.717) is 12.8 Å². The molecular weight excluding hydrogens is 233 g/mol. The van der Waals surface area contributed by atoms with Crippen molar-refractivity contribution in [2.24, 2.45) is 5.92 Å². The first-order chi connectivity index (χ1) is 7.95. The molecule has 0 saturated heterocycles. The van der Waals surface area contributed by atoms with Crippen LogP contribution in [0.4, 0.5) is 18.0 Å². The van der Waals surface area contributed by atoms with Gasteiger partial charge in [0.2, 0.25) is 0 Å². The molecule has 2 aliphatic carbocycles. The van der Waals surface area contributed by atoms with Crippen molar-refractivity contribution in [2.45, 2.75) is 56.8 Å². The SMILES string of the molecule is O=C(NC1CC1)NC1CCC(C(F)(F)F)CC1. The zero-order valence-electron chi connectivity index (χ0n) is 9.52. The minimum atomic E-state index is -4.08. The van der Waals surface area contributed by atoms with Gasteiger partial charge in [-0.05, 0) is 38.5 Å². The first-order valence-corrected chi connectivity index (χ1v) is 6.09. The minimum absolute atomic E-state index is 0.104. The van der Waals surface area contributed by atoms with E-state index < -0.39 is 12.1 Å². The van der Waals surface area contributed by atoms with Crippen LogP contribution < -0.4 is 10.6 Å². The van der Waals surface area contributed by atoms with Crippen molar-refractivity contribution >= 4 is 6.03 Å². The van der Waals surface area contributed by atoms with Gasteiger partial charge >= 0.3 is 12.2 Å². The van der Waals surface area contributed by atoms with Gasteiger partial charge in [-0.15, -0.1) is 0 Å². The molecule has 2 N–H and O–H groups in total. The summed E-state index contributed by atoms with van der Waals surface area (Å²) >= 11 is 0. The number of carbonyl (C=O) groups is 1. The second-order valence-corrected chi connectivity index (χ2v) is 4.98. The Hall–Kier alpha value is -0.940. The molecule has 0 atom stereocenters. The normalized spacial score (nSPS) is 29.8. The number of alkyl halides is 3. The van der Waals surface area contributed by atoms with Crippen molar-refractivity contribution < 1.29 is 18.0 Å². The number of amides is 2. The summed E-state index contributed by atoms with van der Waals surface area (Å²) in [5.41, 5.74) is 0. The number of nitrogens with one attached hydrogen (secondary N) is 2. The fraction of sp³-hybridized carbons (Fsp3) is 0.909. The summed E-state index contributed by atoms with van der Waals surface area (Å²) in [4.78, 5) is 11.4. The summed E-state index contributed by atoms with van der Waals surface area (Å²) in [5, 5.41) is 5.52. The van der Waals surface area contributed by atoms with E-state index >= 15 is 0 Å². The third-order valence-electron chi connectivity index (χ3n) is 3.44. The number of hydrogen-bond acceptors (Lipinski definition) is 1. The standard InChI is InChI=1S/C11H17F3N2O/c12-11(13,14)7-1-3-8(4-2-7)15-10(17)16-9-5-6-9/h7-9H,1-6H2,(H2,15,16,17). The second kappa shape index (κ2) is 4.74. The van der Waals surface area contributed by atoms with Gasteiger partial charge < -0.3 is 10.6 Å². The van der Waals surface area contributed by atoms with Crippen molar-refractivity contribution in [3.05, 3.63) is 0 Å². The molecule has 6 heteroatoms. The predicted octanol–water partition coefficient (Wildman–Crippen LogP) is 2.57. The van der Waals surface area contributed by atoms with Crippen molar-refractivity contribution in [1.29, 1.82) is 0 Å². The lowest BCUT2D eigenvalue weighted by atomic mass is 9.86. The molecular formula is C11H17F3N2O. The summed E-state index contributed by atoms with van der Waals surface area (Å²) in [6, 6.07) is -0.0585. The number of carbonyl (C=O) groups excluding carboxylic acids is 1. The van der Waals surface area contributed by atoms with Crippen LogP contribution in [0.15, 0.2) is 0 Å². The highest BCUT2D eigenvalue weighted by Crippen LogP contribution is 2.37. The number of rotatable bonds is 2. The van der Waals surface area contributed by atoms with Crippen LogP contribution in [-0.2, 0) is 0 Å². The fourth-order valence-corrected chi connectivity index (χ4v) is 2.21. The van der Waals surface area contributed by atoms with Gasteiger partial charge in [0.25, 0.3) is 0 Å². The maximum Gasteiger partial charge on any atom is 0.391 e. The van der Waals surface area contributed by atoms with Crippen LogP contribution in [0.25, 0.3) is 0 Å². The summed E-state index contributed by atoms with van der Waals surface area (Å²) in [7, 11) is 0. The smallest absolute Gasteiger partial charge is 0.335 e. The molecule has 2 saturated carbocycles. The molecule has 98 valence electrons. The van der Waals surface area contributed by atoms with Crippen molar-refractivity contribution in [1.82, 2.24) is 10.6 Å². The van der Waals surface area contributed by atoms with Gasteiger partial charge in [0.15, 0.2) is 0 Å². The van der Waals surface area contributed by atoms with Gasteiger partial charge in [-0.3, -0.25) is 0 Å². The number of halogens is 3. The minimum Gasteiger partial charge on any atom is -0.335 e. The van der Waals surface area contributed by atoms with Crippen LogP contribution in [0, 0.1) is 5.92 Å². The summed E-state index contributed by atoms with van der Waals surface area (Å²) in [5.74, 6) is -1.19. The molecule has 2 rings (SSSR count). The largest absolute Gasteiger partial charge is 0.391 e. The van der Waals surface area contributed by atoms with Crippen molar-refractivity contribution in [2.75, 3.05) is 0 Å². The van der Waals surface area contributed by atoms with Gasteiger partial charge in [0.1, 0.15) is 0 Å². The molecule has 0 heterocycles. The number of urea groups is 1. The Labute approximate surface area is 98.1 Å². The van der Waals surface area contributed by atoms with E-state index in [4.69, 9.17) is 0 Å². The predicted molar refractivity (Wildman–Crippen MR) is 56.5 cm³/mol. The molecule has 0 radical (unpaired) electrons. The lowest BCUT2D eigenvalue weighted by Crippen LogP contribution is -2.45. The van der Waals surface area contributed by atoms with E-state index in [9.17, 15) is 18.0 Å². The van der Waals surface area contributed by atoms with Gasteiger partial charge in [-0.2, -0.15) is 13.2 Å². The van der Waals surface area contributed by atoms with Gasteiger partial charge in [0, 0.05) is 12.1 Å². The fourth-order valence-electron chi connectivity index (χ4n) is 2.21. The van der Waals surface area contributed by atoms with Crippen LogP contribution in [0.2, 0.25) is 0 Å². The molecule has 17 heavy (non-hydrogen) atoms. The van der Waals surface area contributed by atoms with Crippen LogP contribution in [0.1, 0.15) is 38.5 Å². The maximum atomic E-state index is 12.4. The molecule has 2 amide bonds. The Bertz CT molecular complexity index is 281. The first kappa shape index (κ1) is 12.5. The third-order valence-corrected chi connectivity index (χ3v) is 3.44. The Morgan fingerprint density at radius 2 is 1.29 bits per heavy atom. The lowest BCUT2D eigenvalue weighted by Gasteiger charge is -2.30. The zero-order chi connectivity index (χ0) is 12.5. The quantitative estimate of drug-likeness (QED) is 0.777. The lowest BCUT2D eigenvalue weighted by molar-refractivity contribution is -0.182. The van der Waals surface area contributed by atoms with E-state index in [1.165, 1.54) is 0 Å². The molecule has 0 aromatic heterocycles. The zero-order valence-corrected chi connectivity index (χ0v) is 9.52. The Kier molecular flexibility index (Phi) is 3.49. The monoisotopic (exact) mass is 250 g/mol. The van der Waals surface area contributed by atoms with Gasteiger partial charge in [0.05, 0.1) is 5.92 Å².